The summed E-state index contributed by atoms with van der Waals surface area (Å²) in [5, 5.41) is 5.85. The topological polar surface area (TPSA) is 85.4 Å². The summed E-state index contributed by atoms with van der Waals surface area (Å²) in [5.41, 5.74) is 1.46. The van der Waals surface area contributed by atoms with Crippen molar-refractivity contribution in [3.63, 3.8) is 0 Å². The summed E-state index contributed by atoms with van der Waals surface area (Å²) in [5.74, 6) is 1.01. The van der Waals surface area contributed by atoms with Gasteiger partial charge in [-0.1, -0.05) is 12.1 Å². The number of rotatable bonds is 9. The Bertz CT molecular complexity index is 647. The maximum Gasteiger partial charge on any atom is 0.270 e. The molecular weight excluding hydrogens is 308 g/mol. The Morgan fingerprint density at radius 3 is 2.62 bits per heavy atom. The standard InChI is InChI=1S/C17H22N4O3/c1-23-12-11-20-17-19-10-8-15(21-17)16(22)18-9-7-13-3-5-14(24-2)6-4-13/h3-6,8,10H,7,9,11-12H2,1-2H3,(H,18,22)(H,19,20,21). The molecule has 24 heavy (non-hydrogen) atoms. The van der Waals surface area contributed by atoms with E-state index >= 15 is 0 Å². The third kappa shape index (κ3) is 5.51. The highest BCUT2D eigenvalue weighted by molar-refractivity contribution is 5.92. The first-order valence-electron chi connectivity index (χ1n) is 7.70. The van der Waals surface area contributed by atoms with Gasteiger partial charge in [0, 0.05) is 26.4 Å². The second-order valence-corrected chi connectivity index (χ2v) is 5.04. The fraction of sp³-hybridized carbons (Fsp3) is 0.353. The van der Waals surface area contributed by atoms with Crippen LogP contribution in [0.15, 0.2) is 36.5 Å². The van der Waals surface area contributed by atoms with Crippen LogP contribution in [0.25, 0.3) is 0 Å². The lowest BCUT2D eigenvalue weighted by Gasteiger charge is -2.07. The van der Waals surface area contributed by atoms with Gasteiger partial charge in [-0.3, -0.25) is 4.79 Å². The van der Waals surface area contributed by atoms with Crippen LogP contribution in [0.5, 0.6) is 5.75 Å². The molecule has 0 atom stereocenters. The Morgan fingerprint density at radius 1 is 1.12 bits per heavy atom. The summed E-state index contributed by atoms with van der Waals surface area (Å²) in [6.07, 6.45) is 2.29. The summed E-state index contributed by atoms with van der Waals surface area (Å²) in [6.45, 7) is 1.66. The van der Waals surface area contributed by atoms with E-state index in [1.807, 2.05) is 24.3 Å². The van der Waals surface area contributed by atoms with E-state index in [4.69, 9.17) is 9.47 Å². The predicted octanol–water partition coefficient (Wildman–Crippen LogP) is 1.52. The van der Waals surface area contributed by atoms with Crippen LogP contribution in [0.2, 0.25) is 0 Å². The summed E-state index contributed by atoms with van der Waals surface area (Å²) < 4.78 is 10.1. The quantitative estimate of drug-likeness (QED) is 0.678. The van der Waals surface area contributed by atoms with Gasteiger partial charge in [-0.15, -0.1) is 0 Å². The van der Waals surface area contributed by atoms with Crippen molar-refractivity contribution in [3.8, 4) is 5.75 Å². The molecule has 0 aliphatic rings. The molecule has 0 saturated carbocycles. The van der Waals surface area contributed by atoms with Crippen LogP contribution >= 0.6 is 0 Å². The van der Waals surface area contributed by atoms with Crippen molar-refractivity contribution >= 4 is 11.9 Å². The van der Waals surface area contributed by atoms with Gasteiger partial charge in [0.25, 0.3) is 5.91 Å². The third-order valence-corrected chi connectivity index (χ3v) is 3.34. The van der Waals surface area contributed by atoms with Gasteiger partial charge in [-0.25, -0.2) is 9.97 Å². The molecule has 0 spiro atoms. The smallest absolute Gasteiger partial charge is 0.270 e. The van der Waals surface area contributed by atoms with Gasteiger partial charge in [0.2, 0.25) is 5.95 Å². The number of carbonyl (C=O) groups excluding carboxylic acids is 1. The number of anilines is 1. The molecule has 1 amide bonds. The van der Waals surface area contributed by atoms with Crippen molar-refractivity contribution in [1.29, 1.82) is 0 Å². The Balaban J connectivity index is 1.82. The highest BCUT2D eigenvalue weighted by Gasteiger charge is 2.08. The number of nitrogens with one attached hydrogen (secondary N) is 2. The van der Waals surface area contributed by atoms with E-state index < -0.39 is 0 Å². The number of ether oxygens (including phenoxy) is 2. The van der Waals surface area contributed by atoms with Crippen LogP contribution in [0.4, 0.5) is 5.95 Å². The van der Waals surface area contributed by atoms with Crippen molar-refractivity contribution < 1.29 is 14.3 Å². The van der Waals surface area contributed by atoms with E-state index in [9.17, 15) is 4.79 Å². The Kier molecular flexibility index (Phi) is 6.97. The van der Waals surface area contributed by atoms with Crippen molar-refractivity contribution in [2.75, 3.05) is 39.2 Å². The van der Waals surface area contributed by atoms with E-state index in [0.717, 1.165) is 17.7 Å². The molecule has 0 aliphatic heterocycles. The lowest BCUT2D eigenvalue weighted by molar-refractivity contribution is 0.0949. The number of nitrogens with zero attached hydrogens (tertiary/aromatic N) is 2. The molecule has 7 heteroatoms. The number of hydrogen-bond donors (Lipinski definition) is 2. The lowest BCUT2D eigenvalue weighted by atomic mass is 10.1. The molecule has 2 rings (SSSR count). The molecule has 0 fully saturated rings. The van der Waals surface area contributed by atoms with Crippen LogP contribution in [0.3, 0.4) is 0 Å². The molecular formula is C17H22N4O3. The van der Waals surface area contributed by atoms with Crippen molar-refractivity contribution in [1.82, 2.24) is 15.3 Å². The maximum atomic E-state index is 12.1. The van der Waals surface area contributed by atoms with Crippen LogP contribution in [-0.2, 0) is 11.2 Å². The number of hydrogen-bond acceptors (Lipinski definition) is 6. The minimum absolute atomic E-state index is 0.222. The van der Waals surface area contributed by atoms with Crippen LogP contribution in [-0.4, -0.2) is 49.8 Å². The number of amides is 1. The van der Waals surface area contributed by atoms with Crippen molar-refractivity contribution in [3.05, 3.63) is 47.8 Å². The number of benzene rings is 1. The first-order chi connectivity index (χ1) is 11.7. The van der Waals surface area contributed by atoms with Gasteiger partial charge >= 0.3 is 0 Å². The fourth-order valence-electron chi connectivity index (χ4n) is 2.04. The van der Waals surface area contributed by atoms with Crippen molar-refractivity contribution in [2.24, 2.45) is 0 Å². The van der Waals surface area contributed by atoms with E-state index in [1.54, 1.807) is 26.5 Å². The van der Waals surface area contributed by atoms with Gasteiger partial charge in [0.15, 0.2) is 0 Å². The highest BCUT2D eigenvalue weighted by atomic mass is 16.5. The summed E-state index contributed by atoms with van der Waals surface area (Å²) in [6, 6.07) is 9.35. The Labute approximate surface area is 141 Å². The zero-order valence-electron chi connectivity index (χ0n) is 13.9. The minimum Gasteiger partial charge on any atom is -0.497 e. The first-order valence-corrected chi connectivity index (χ1v) is 7.70. The summed E-state index contributed by atoms with van der Waals surface area (Å²) >= 11 is 0. The van der Waals surface area contributed by atoms with Gasteiger partial charge in [-0.05, 0) is 30.2 Å². The number of methoxy groups -OCH3 is 2. The molecule has 0 unspecified atom stereocenters. The molecule has 0 radical (unpaired) electrons. The average Bonchev–Trinajstić information content (AvgIpc) is 2.63. The number of aromatic nitrogens is 2. The normalized spacial score (nSPS) is 10.2. The second kappa shape index (κ2) is 9.46. The summed E-state index contributed by atoms with van der Waals surface area (Å²) in [7, 11) is 3.25. The molecule has 1 aromatic carbocycles. The molecule has 128 valence electrons. The molecule has 0 bridgehead atoms. The summed E-state index contributed by atoms with van der Waals surface area (Å²) in [4.78, 5) is 20.4. The van der Waals surface area contributed by atoms with E-state index in [1.165, 1.54) is 0 Å². The Morgan fingerprint density at radius 2 is 1.92 bits per heavy atom. The zero-order chi connectivity index (χ0) is 17.2. The largest absolute Gasteiger partial charge is 0.497 e. The molecule has 7 nitrogen and oxygen atoms in total. The fourth-order valence-corrected chi connectivity index (χ4v) is 2.04. The molecule has 2 N–H and O–H groups in total. The van der Waals surface area contributed by atoms with E-state index in [-0.39, 0.29) is 5.91 Å². The monoisotopic (exact) mass is 330 g/mol. The molecule has 0 aliphatic carbocycles. The van der Waals surface area contributed by atoms with E-state index in [2.05, 4.69) is 20.6 Å². The molecule has 1 aromatic heterocycles. The lowest BCUT2D eigenvalue weighted by Crippen LogP contribution is -2.27. The SMILES string of the molecule is COCCNc1nccc(C(=O)NCCc2ccc(OC)cc2)n1. The van der Waals surface area contributed by atoms with Gasteiger partial charge in [0.05, 0.1) is 13.7 Å². The number of carbonyl (C=O) groups is 1. The van der Waals surface area contributed by atoms with Gasteiger partial charge < -0.3 is 20.1 Å². The zero-order valence-corrected chi connectivity index (χ0v) is 13.9. The van der Waals surface area contributed by atoms with Crippen molar-refractivity contribution in [2.45, 2.75) is 6.42 Å². The third-order valence-electron chi connectivity index (χ3n) is 3.34. The van der Waals surface area contributed by atoms with Gasteiger partial charge in [0.1, 0.15) is 11.4 Å². The van der Waals surface area contributed by atoms with Gasteiger partial charge in [-0.2, -0.15) is 0 Å². The highest BCUT2D eigenvalue weighted by Crippen LogP contribution is 2.11. The van der Waals surface area contributed by atoms with Crippen LogP contribution in [0, 0.1) is 0 Å². The predicted molar refractivity (Wildman–Crippen MR) is 91.4 cm³/mol. The average molecular weight is 330 g/mol. The minimum atomic E-state index is -0.222. The Hall–Kier alpha value is -2.67. The second-order valence-electron chi connectivity index (χ2n) is 5.04. The maximum absolute atomic E-state index is 12.1. The molecule has 0 saturated heterocycles. The van der Waals surface area contributed by atoms with Crippen LogP contribution in [0.1, 0.15) is 16.1 Å². The van der Waals surface area contributed by atoms with E-state index in [0.29, 0.717) is 31.3 Å². The molecule has 1 heterocycles. The van der Waals surface area contributed by atoms with Crippen LogP contribution < -0.4 is 15.4 Å². The molecule has 2 aromatic rings. The first kappa shape index (κ1) is 17.7.